The van der Waals surface area contributed by atoms with Gasteiger partial charge in [0.25, 0.3) is 15.0 Å². The van der Waals surface area contributed by atoms with E-state index in [2.05, 4.69) is 45.2 Å². The van der Waals surface area contributed by atoms with Crippen LogP contribution in [0.4, 0.5) is 5.69 Å². The van der Waals surface area contributed by atoms with Gasteiger partial charge in [0, 0.05) is 64.4 Å². The minimum Gasteiger partial charge on any atom is -0.399 e. The Morgan fingerprint density at radius 3 is 1.00 bits per heavy atom. The maximum Gasteiger partial charge on any atom is 0.329 e. The van der Waals surface area contributed by atoms with Crippen molar-refractivity contribution >= 4 is 176 Å². The second-order valence-electron chi connectivity index (χ2n) is 19.8. The van der Waals surface area contributed by atoms with Crippen LogP contribution in [0.15, 0.2) is 241 Å². The first-order valence-corrected chi connectivity index (χ1v) is 38.3. The number of nitrogens with zero attached hydrogens (tertiary/aromatic N) is 2. The number of rotatable bonds is 13. The molecular formula is C62H65Cl5I2N6O13S4. The molecule has 8 aromatic carbocycles. The molecule has 0 saturated heterocycles. The fourth-order valence-electron chi connectivity index (χ4n) is 7.46. The SMILES string of the molecule is CC(=O)N(O)C(C)/C=C/c1ccc(S(N)(=O)(O)c2ccc(Cl)cc2)cc1.CC(=O)ON(C(C)=O)C(C)/C=C/c1ccc(S(N)(=O)(O)c2ccc(Cl)cc2)cc1.NS(=O)(O)(c1ccc(Cl)cc1)c1ccc(I)cc1.Nc1ccc(I)cc1.O=S(=O)(Cl)c1ccc(Cl)cc1. The Bertz CT molecular complexity index is 4170. The van der Waals surface area contributed by atoms with E-state index in [9.17, 15) is 54.3 Å². The van der Waals surface area contributed by atoms with E-state index in [-0.39, 0.29) is 34.3 Å². The summed E-state index contributed by atoms with van der Waals surface area (Å²) in [6.45, 7) is 7.10. The molecule has 0 aliphatic rings. The highest BCUT2D eigenvalue weighted by Crippen LogP contribution is 2.38. The summed E-state index contributed by atoms with van der Waals surface area (Å²) in [4.78, 5) is 39.4. The lowest BCUT2D eigenvalue weighted by Crippen LogP contribution is -2.42. The zero-order chi connectivity index (χ0) is 69.3. The molecule has 0 spiro atoms. The number of nitrogen functional groups attached to an aromatic ring is 1. The van der Waals surface area contributed by atoms with Crippen molar-refractivity contribution in [3.63, 3.8) is 0 Å². The second kappa shape index (κ2) is 32.8. The lowest BCUT2D eigenvalue weighted by Gasteiger charge is -2.39. The number of hydrogen-bond donors (Lipinski definition) is 8. The quantitative estimate of drug-likeness (QED) is 0.0175. The van der Waals surface area contributed by atoms with E-state index < -0.39 is 67.5 Å². The molecule has 494 valence electrons. The van der Waals surface area contributed by atoms with Gasteiger partial charge in [0.1, 0.15) is 0 Å². The predicted molar refractivity (Wildman–Crippen MR) is 385 cm³/mol. The van der Waals surface area contributed by atoms with Crippen LogP contribution in [0.2, 0.25) is 20.1 Å². The summed E-state index contributed by atoms with van der Waals surface area (Å²) in [6.07, 6.45) is 6.68. The summed E-state index contributed by atoms with van der Waals surface area (Å²) in [7, 11) is -12.5. The molecule has 0 saturated carbocycles. The molecule has 8 rings (SSSR count). The summed E-state index contributed by atoms with van der Waals surface area (Å²) < 4.78 is 94.1. The fraction of sp³-hybridized carbons (Fsp3) is 0.113. The largest absolute Gasteiger partial charge is 0.399 e. The molecule has 0 aliphatic carbocycles. The minimum absolute atomic E-state index is 0.0554. The first kappa shape index (κ1) is 78.9. The molecule has 0 radical (unpaired) electrons. The normalized spacial score (nSPS) is 13.4. The fourth-order valence-corrected chi connectivity index (χ4v) is 14.2. The number of hydroxylamine groups is 4. The van der Waals surface area contributed by atoms with E-state index in [1.54, 1.807) is 98.8 Å². The third kappa shape index (κ3) is 23.4. The van der Waals surface area contributed by atoms with Crippen LogP contribution < -0.4 is 21.2 Å². The molecule has 0 aromatic heterocycles. The molecule has 0 heterocycles. The van der Waals surface area contributed by atoms with Crippen LogP contribution in [-0.2, 0) is 56.9 Å². The Labute approximate surface area is 585 Å². The van der Waals surface area contributed by atoms with Crippen molar-refractivity contribution in [2.75, 3.05) is 5.73 Å². The maximum atomic E-state index is 13.1. The summed E-state index contributed by atoms with van der Waals surface area (Å²) in [5, 5.41) is 30.5. The number of halogens is 7. The molecule has 12 N–H and O–H groups in total. The van der Waals surface area contributed by atoms with Crippen molar-refractivity contribution < 1.29 is 59.1 Å². The van der Waals surface area contributed by atoms with Gasteiger partial charge in [0.15, 0.2) is 0 Å². The van der Waals surface area contributed by atoms with Crippen molar-refractivity contribution in [3.8, 4) is 0 Å². The van der Waals surface area contributed by atoms with Crippen molar-refractivity contribution in [2.24, 2.45) is 15.4 Å². The van der Waals surface area contributed by atoms with Crippen LogP contribution in [-0.4, -0.2) is 79.9 Å². The molecule has 2 amide bonds. The van der Waals surface area contributed by atoms with Gasteiger partial charge in [0.2, 0.25) is 5.91 Å². The number of amides is 2. The molecular weight excluding hydrogens is 1600 g/mol. The first-order chi connectivity index (χ1) is 42.4. The molecule has 2 atom stereocenters. The standard InChI is InChI=1S/C20H23ClN2O5S.C18H21ClN2O4S.C12H11ClINO2S.C6H4Cl2O2S.C6H6IN/c1-14(23(15(2)24)28-16(3)25)4-5-17-6-10-19(11-7-17)29(22,26,27)20-12-8-18(21)9-13-20;1-13(21(23)14(2)22)3-4-15-5-9-17(10-6-15)26(20,24,25)18-11-7-16(19)8-12-18;13-9-1-5-11(6-2-9)18(15,16,17)12-7-3-10(14)4-8-12;7-5-1-3-6(4-2-5)11(8,9)10;7-5-1-3-6(8)4-2-5/h4-14H,1-3H3,(H3,22,26,27);3-13,23H,1-2H3,(H3,20,24,25);1-8H,(H3,15,16,17);1-4H;1-4H,8H2/b5-4+;4-3+;;;. The molecule has 19 nitrogen and oxygen atoms in total. The molecule has 2 unspecified atom stereocenters. The molecule has 8 aromatic rings. The highest BCUT2D eigenvalue weighted by Gasteiger charge is 2.30. The van der Waals surface area contributed by atoms with Gasteiger partial charge in [-0.2, -0.15) is 17.7 Å². The third-order valence-corrected chi connectivity index (χ3v) is 23.4. The monoisotopic (exact) mass is 1660 g/mol. The Hall–Kier alpha value is -5.52. The lowest BCUT2D eigenvalue weighted by molar-refractivity contribution is -0.199. The first-order valence-electron chi connectivity index (χ1n) is 26.4. The number of hydrogen-bond acceptors (Lipinski definition) is 11. The number of carbonyl (C=O) groups excluding carboxylic acids is 3. The predicted octanol–water partition coefficient (Wildman–Crippen LogP) is 14.9. The van der Waals surface area contributed by atoms with Crippen LogP contribution in [0.1, 0.15) is 45.7 Å². The topological polar surface area (TPSA) is 337 Å². The molecule has 0 bridgehead atoms. The van der Waals surface area contributed by atoms with Gasteiger partial charge in [-0.25, -0.2) is 28.9 Å². The second-order valence-corrected chi connectivity index (χ2v) is 35.2. The number of anilines is 1. The van der Waals surface area contributed by atoms with E-state index in [1.165, 1.54) is 134 Å². The van der Waals surface area contributed by atoms with Crippen LogP contribution in [0.5, 0.6) is 0 Å². The van der Waals surface area contributed by atoms with Crippen LogP contribution in [0.25, 0.3) is 12.2 Å². The number of carbonyl (C=O) groups is 3. The van der Waals surface area contributed by atoms with E-state index >= 15 is 0 Å². The number of benzene rings is 8. The molecule has 0 aliphatic heterocycles. The van der Waals surface area contributed by atoms with Crippen molar-refractivity contribution in [2.45, 2.75) is 81.0 Å². The Kier molecular flexibility index (Phi) is 28.1. The summed E-state index contributed by atoms with van der Waals surface area (Å²) in [5.74, 6) is -1.48. The van der Waals surface area contributed by atoms with Crippen LogP contribution in [0.3, 0.4) is 0 Å². The Morgan fingerprint density at radius 1 is 0.478 bits per heavy atom. The Morgan fingerprint density at radius 2 is 0.739 bits per heavy atom. The zero-order valence-electron chi connectivity index (χ0n) is 49.4. The van der Waals surface area contributed by atoms with Crippen molar-refractivity contribution in [1.29, 1.82) is 0 Å². The van der Waals surface area contributed by atoms with E-state index in [0.29, 0.717) is 30.7 Å². The van der Waals surface area contributed by atoms with Crippen LogP contribution >= 0.6 is 102 Å². The van der Waals surface area contributed by atoms with Gasteiger partial charge in [-0.05, 0) is 240 Å². The van der Waals surface area contributed by atoms with Gasteiger partial charge in [0.05, 0.1) is 46.4 Å². The lowest BCUT2D eigenvalue weighted by atomic mass is 10.2. The van der Waals surface area contributed by atoms with Crippen molar-refractivity contribution in [1.82, 2.24) is 10.1 Å². The molecule has 92 heavy (non-hydrogen) atoms. The van der Waals surface area contributed by atoms with Gasteiger partial charge in [-0.15, -0.1) is 0 Å². The summed E-state index contributed by atoms with van der Waals surface area (Å²) in [6, 6.07) is 49.0. The Balaban J connectivity index is 0.000000261. The number of nitrogens with two attached hydrogens (primary N) is 4. The van der Waals surface area contributed by atoms with Gasteiger partial charge < -0.3 is 10.6 Å². The third-order valence-electron chi connectivity index (χ3n) is 12.5. The summed E-state index contributed by atoms with van der Waals surface area (Å²) in [5.41, 5.74) is 7.67. The van der Waals surface area contributed by atoms with Gasteiger partial charge in [-0.1, -0.05) is 124 Å². The van der Waals surface area contributed by atoms with E-state index in [4.69, 9.17) is 83.1 Å². The van der Waals surface area contributed by atoms with Gasteiger partial charge >= 0.3 is 5.97 Å². The average molecular weight is 1660 g/mol. The van der Waals surface area contributed by atoms with Crippen molar-refractivity contribution in [3.05, 3.63) is 245 Å². The average Bonchev–Trinajstić information content (AvgIpc) is 0.769. The highest BCUT2D eigenvalue weighted by molar-refractivity contribution is 14.1. The van der Waals surface area contributed by atoms with Gasteiger partial charge in [-0.3, -0.25) is 33.2 Å². The zero-order valence-corrected chi connectivity index (χ0v) is 60.7. The molecule has 30 heteroatoms. The smallest absolute Gasteiger partial charge is 0.329 e. The van der Waals surface area contributed by atoms with E-state index in [0.717, 1.165) is 19.9 Å². The highest BCUT2D eigenvalue weighted by atomic mass is 127. The van der Waals surface area contributed by atoms with E-state index in [1.807, 2.05) is 24.3 Å². The minimum atomic E-state index is -4.74. The maximum absolute atomic E-state index is 13.1. The summed E-state index contributed by atoms with van der Waals surface area (Å²) >= 11 is 27.3. The molecule has 0 fully saturated rings. The van der Waals surface area contributed by atoms with Crippen LogP contribution in [0, 0.1) is 7.14 Å².